The van der Waals surface area contributed by atoms with Gasteiger partial charge in [-0.3, -0.25) is 0 Å². The predicted octanol–water partition coefficient (Wildman–Crippen LogP) is 2.33. The Morgan fingerprint density at radius 2 is 2.00 bits per heavy atom. The lowest BCUT2D eigenvalue weighted by Crippen LogP contribution is -2.21. The Hall–Kier alpha value is -2.20. The van der Waals surface area contributed by atoms with Gasteiger partial charge in [0.2, 0.25) is 0 Å². The van der Waals surface area contributed by atoms with E-state index in [4.69, 9.17) is 5.11 Å². The Bertz CT molecular complexity index is 531. The highest BCUT2D eigenvalue weighted by Gasteiger charge is 2.34. The molecule has 1 N–H and O–H groups in total. The predicted molar refractivity (Wildman–Crippen MR) is 52.4 cm³/mol. The van der Waals surface area contributed by atoms with E-state index in [1.165, 1.54) is 12.2 Å². The van der Waals surface area contributed by atoms with Crippen LogP contribution in [0.5, 0.6) is 0 Å². The summed E-state index contributed by atoms with van der Waals surface area (Å²) < 4.78 is 37.3. The number of hydrogen-bond donors (Lipinski definition) is 1. The fourth-order valence-electron chi connectivity index (χ4n) is 1.37. The van der Waals surface area contributed by atoms with Gasteiger partial charge in [-0.1, -0.05) is 5.73 Å². The number of fused-ring (bicyclic) bond motifs is 1. The van der Waals surface area contributed by atoms with E-state index < -0.39 is 17.7 Å². The third-order valence-corrected chi connectivity index (χ3v) is 2.21. The molecule has 2 aliphatic heterocycles. The molecular weight excluding hydrogens is 235 g/mol. The number of aliphatic carboxylic acids is 1. The van der Waals surface area contributed by atoms with Crippen LogP contribution in [-0.4, -0.2) is 22.2 Å². The van der Waals surface area contributed by atoms with Gasteiger partial charge in [0.15, 0.2) is 0 Å². The van der Waals surface area contributed by atoms with E-state index >= 15 is 0 Å². The number of allylic oxidation sites excluding steroid dienone is 2. The number of alkyl halides is 3. The second-order valence-electron chi connectivity index (χ2n) is 3.39. The van der Waals surface area contributed by atoms with Crippen LogP contribution in [0.1, 0.15) is 0 Å². The molecule has 0 atom stereocenters. The molecular formula is C11H6F3NO2. The van der Waals surface area contributed by atoms with E-state index in [0.717, 1.165) is 23.4 Å². The highest BCUT2D eigenvalue weighted by Crippen LogP contribution is 2.31. The molecule has 2 rings (SSSR count). The van der Waals surface area contributed by atoms with Crippen molar-refractivity contribution < 1.29 is 23.1 Å². The second-order valence-corrected chi connectivity index (χ2v) is 3.39. The van der Waals surface area contributed by atoms with E-state index in [0.29, 0.717) is 5.70 Å². The number of rotatable bonds is 1. The van der Waals surface area contributed by atoms with Crippen molar-refractivity contribution in [2.45, 2.75) is 6.18 Å². The van der Waals surface area contributed by atoms with Gasteiger partial charge >= 0.3 is 12.1 Å². The van der Waals surface area contributed by atoms with E-state index in [9.17, 15) is 18.0 Å². The lowest BCUT2D eigenvalue weighted by molar-refractivity contribution is -0.132. The average molecular weight is 241 g/mol. The molecule has 0 unspecified atom stereocenters. The topological polar surface area (TPSA) is 40.5 Å². The summed E-state index contributed by atoms with van der Waals surface area (Å²) >= 11 is 0. The normalized spacial score (nSPS) is 18.3. The first-order valence-electron chi connectivity index (χ1n) is 4.55. The van der Waals surface area contributed by atoms with Gasteiger partial charge in [-0.05, 0) is 18.2 Å². The van der Waals surface area contributed by atoms with Crippen molar-refractivity contribution in [1.29, 1.82) is 0 Å². The smallest absolute Gasteiger partial charge is 0.417 e. The Balaban J connectivity index is 2.41. The van der Waals surface area contributed by atoms with Crippen LogP contribution in [-0.2, 0) is 4.79 Å². The summed E-state index contributed by atoms with van der Waals surface area (Å²) in [6.45, 7) is 0. The molecule has 0 bridgehead atoms. The summed E-state index contributed by atoms with van der Waals surface area (Å²) in [6, 6.07) is 0. The van der Waals surface area contributed by atoms with Crippen molar-refractivity contribution in [3.63, 3.8) is 0 Å². The Kier molecular flexibility index (Phi) is 2.44. The van der Waals surface area contributed by atoms with Crippen LogP contribution < -0.4 is 0 Å². The summed E-state index contributed by atoms with van der Waals surface area (Å²) in [7, 11) is 0. The molecule has 2 heterocycles. The van der Waals surface area contributed by atoms with Crippen molar-refractivity contribution in [2.24, 2.45) is 0 Å². The van der Waals surface area contributed by atoms with Crippen LogP contribution in [0, 0.1) is 0 Å². The minimum absolute atomic E-state index is 0.123. The molecule has 0 saturated heterocycles. The molecule has 0 aromatic carbocycles. The van der Waals surface area contributed by atoms with Crippen LogP contribution >= 0.6 is 0 Å². The van der Waals surface area contributed by atoms with Gasteiger partial charge in [0, 0.05) is 12.4 Å². The fraction of sp³-hybridized carbons (Fsp3) is 0.0909. The number of halogens is 3. The summed E-state index contributed by atoms with van der Waals surface area (Å²) in [5.41, 5.74) is 1.99. The lowest BCUT2D eigenvalue weighted by Gasteiger charge is -2.23. The Morgan fingerprint density at radius 3 is 2.59 bits per heavy atom. The van der Waals surface area contributed by atoms with E-state index in [2.05, 4.69) is 5.73 Å². The van der Waals surface area contributed by atoms with Crippen LogP contribution in [0.15, 0.2) is 53.2 Å². The number of carbonyl (C=O) groups is 1. The SMILES string of the molecule is O=C(O)C1=CN2C=C(C(F)(F)F)C=CC2=C=C1. The van der Waals surface area contributed by atoms with E-state index in [1.54, 1.807) is 0 Å². The van der Waals surface area contributed by atoms with Gasteiger partial charge in [0.25, 0.3) is 0 Å². The van der Waals surface area contributed by atoms with Crippen LogP contribution in [0.2, 0.25) is 0 Å². The van der Waals surface area contributed by atoms with Crippen molar-refractivity contribution in [2.75, 3.05) is 0 Å². The molecule has 0 amide bonds. The van der Waals surface area contributed by atoms with Gasteiger partial charge in [0.05, 0.1) is 16.8 Å². The minimum atomic E-state index is -4.46. The number of carboxylic acid groups (broad SMARTS) is 1. The molecule has 0 radical (unpaired) electrons. The zero-order valence-corrected chi connectivity index (χ0v) is 8.32. The van der Waals surface area contributed by atoms with Gasteiger partial charge < -0.3 is 10.0 Å². The monoisotopic (exact) mass is 241 g/mol. The molecule has 17 heavy (non-hydrogen) atoms. The summed E-state index contributed by atoms with van der Waals surface area (Å²) in [6.07, 6.45) is 0.855. The first-order valence-corrected chi connectivity index (χ1v) is 4.55. The summed E-state index contributed by atoms with van der Waals surface area (Å²) in [4.78, 5) is 11.8. The molecule has 6 heteroatoms. The molecule has 88 valence electrons. The molecule has 2 aliphatic rings. The van der Waals surface area contributed by atoms with Gasteiger partial charge in [-0.15, -0.1) is 0 Å². The average Bonchev–Trinajstić information content (AvgIpc) is 2.26. The zero-order chi connectivity index (χ0) is 12.6. The highest BCUT2D eigenvalue weighted by atomic mass is 19.4. The van der Waals surface area contributed by atoms with Crippen LogP contribution in [0.25, 0.3) is 0 Å². The van der Waals surface area contributed by atoms with Crippen molar-refractivity contribution in [1.82, 2.24) is 4.90 Å². The van der Waals surface area contributed by atoms with Gasteiger partial charge in [-0.25, -0.2) is 4.79 Å². The molecule has 0 aromatic rings. The number of nitrogens with zero attached hydrogens (tertiary/aromatic N) is 1. The largest absolute Gasteiger partial charge is 0.478 e. The van der Waals surface area contributed by atoms with Crippen molar-refractivity contribution >= 4 is 5.97 Å². The standard InChI is InChI=1S/C11H6F3NO2/c12-11(13,14)8-2-4-9-3-1-7(10(16)17)5-15(9)6-8/h1-2,4-6H,(H,16,17). The van der Waals surface area contributed by atoms with Gasteiger partial charge in [0.1, 0.15) is 0 Å². The molecule has 0 aliphatic carbocycles. The zero-order valence-electron chi connectivity index (χ0n) is 8.32. The van der Waals surface area contributed by atoms with Gasteiger partial charge in [-0.2, -0.15) is 13.2 Å². The van der Waals surface area contributed by atoms with Crippen LogP contribution in [0.4, 0.5) is 13.2 Å². The maximum atomic E-state index is 12.4. The van der Waals surface area contributed by atoms with Crippen molar-refractivity contribution in [3.8, 4) is 0 Å². The quantitative estimate of drug-likeness (QED) is 0.716. The Labute approximate surface area is 94.1 Å². The molecule has 3 nitrogen and oxygen atoms in total. The Morgan fingerprint density at radius 1 is 1.29 bits per heavy atom. The number of carboxylic acids is 1. The first-order chi connectivity index (χ1) is 7.88. The molecule has 0 spiro atoms. The van der Waals surface area contributed by atoms with E-state index in [-0.39, 0.29) is 5.57 Å². The number of hydrogen-bond acceptors (Lipinski definition) is 2. The minimum Gasteiger partial charge on any atom is -0.478 e. The fourth-order valence-corrected chi connectivity index (χ4v) is 1.37. The second kappa shape index (κ2) is 3.68. The van der Waals surface area contributed by atoms with E-state index in [1.807, 2.05) is 0 Å². The highest BCUT2D eigenvalue weighted by molar-refractivity contribution is 5.90. The maximum absolute atomic E-state index is 12.4. The van der Waals surface area contributed by atoms with Crippen LogP contribution in [0.3, 0.4) is 0 Å². The summed E-state index contributed by atoms with van der Waals surface area (Å²) in [5, 5.41) is 8.72. The first kappa shape index (κ1) is 11.3. The third-order valence-electron chi connectivity index (χ3n) is 2.21. The maximum Gasteiger partial charge on any atom is 0.417 e. The lowest BCUT2D eigenvalue weighted by atomic mass is 10.1. The molecule has 0 aromatic heterocycles. The van der Waals surface area contributed by atoms with Crippen molar-refractivity contribution in [3.05, 3.63) is 53.2 Å². The summed E-state index contributed by atoms with van der Waals surface area (Å²) in [5.74, 6) is -1.21. The molecule has 0 saturated carbocycles. The third kappa shape index (κ3) is 2.16. The molecule has 0 fully saturated rings.